The van der Waals surface area contributed by atoms with Crippen molar-refractivity contribution in [1.29, 1.82) is 0 Å². The molecule has 0 aromatic carbocycles. The minimum absolute atomic E-state index is 0.0473. The third kappa shape index (κ3) is 4.79. The molecule has 1 N–H and O–H groups in total. The van der Waals surface area contributed by atoms with Crippen LogP contribution in [0.15, 0.2) is 0 Å². The van der Waals surface area contributed by atoms with Gasteiger partial charge in [-0.25, -0.2) is 4.79 Å². The first-order valence-electron chi connectivity index (χ1n) is 3.96. The highest BCUT2D eigenvalue weighted by Gasteiger charge is 2.13. The molecular formula is C8H16O3. The van der Waals surface area contributed by atoms with Crippen LogP contribution in [0.3, 0.4) is 0 Å². The molecule has 2 atom stereocenters. The molecule has 0 amide bonds. The molecule has 11 heavy (non-hydrogen) atoms. The largest absolute Gasteiger partial charge is 0.479 e. The topological polar surface area (TPSA) is 46.5 Å². The Balaban J connectivity index is 3.56. The maximum atomic E-state index is 10.3. The van der Waals surface area contributed by atoms with E-state index < -0.39 is 12.1 Å². The molecule has 0 bridgehead atoms. The number of carboxylic acid groups (broad SMARTS) is 1. The van der Waals surface area contributed by atoms with Crippen molar-refractivity contribution in [1.82, 2.24) is 0 Å². The summed E-state index contributed by atoms with van der Waals surface area (Å²) in [5.74, 6) is -0.895. The van der Waals surface area contributed by atoms with E-state index in [0.717, 1.165) is 12.8 Å². The van der Waals surface area contributed by atoms with Gasteiger partial charge in [0.15, 0.2) is 6.10 Å². The second kappa shape index (κ2) is 5.13. The molecule has 0 saturated heterocycles. The molecule has 0 fully saturated rings. The van der Waals surface area contributed by atoms with Crippen molar-refractivity contribution in [3.63, 3.8) is 0 Å². The zero-order valence-corrected chi connectivity index (χ0v) is 7.33. The molecule has 0 rings (SSSR count). The molecule has 1 unspecified atom stereocenters. The monoisotopic (exact) mass is 160 g/mol. The van der Waals surface area contributed by atoms with Crippen LogP contribution in [0.4, 0.5) is 0 Å². The van der Waals surface area contributed by atoms with Gasteiger partial charge in [0.2, 0.25) is 0 Å². The predicted octanol–water partition coefficient (Wildman–Crippen LogP) is 1.66. The number of carbonyl (C=O) groups is 1. The first-order chi connectivity index (χ1) is 5.07. The molecule has 0 aromatic rings. The summed E-state index contributed by atoms with van der Waals surface area (Å²) in [5.41, 5.74) is 0. The van der Waals surface area contributed by atoms with Crippen LogP contribution in [0, 0.1) is 0 Å². The molecule has 3 nitrogen and oxygen atoms in total. The molecule has 0 aliphatic carbocycles. The van der Waals surface area contributed by atoms with E-state index in [4.69, 9.17) is 9.84 Å². The average molecular weight is 160 g/mol. The maximum absolute atomic E-state index is 10.3. The summed E-state index contributed by atoms with van der Waals surface area (Å²) in [6, 6.07) is 0. The Hall–Kier alpha value is -0.570. The van der Waals surface area contributed by atoms with Crippen LogP contribution in [0.25, 0.3) is 0 Å². The van der Waals surface area contributed by atoms with Crippen molar-refractivity contribution in [3.8, 4) is 0 Å². The molecule has 66 valence electrons. The fourth-order valence-electron chi connectivity index (χ4n) is 0.881. The number of ether oxygens (including phenoxy) is 1. The van der Waals surface area contributed by atoms with Crippen LogP contribution in [0.5, 0.6) is 0 Å². The normalized spacial score (nSPS) is 15.9. The van der Waals surface area contributed by atoms with E-state index >= 15 is 0 Å². The summed E-state index contributed by atoms with van der Waals surface area (Å²) >= 11 is 0. The summed E-state index contributed by atoms with van der Waals surface area (Å²) in [4.78, 5) is 10.3. The van der Waals surface area contributed by atoms with Gasteiger partial charge in [-0.1, -0.05) is 13.3 Å². The van der Waals surface area contributed by atoms with Crippen LogP contribution in [0.1, 0.15) is 33.6 Å². The first-order valence-corrected chi connectivity index (χ1v) is 3.96. The van der Waals surface area contributed by atoms with Crippen molar-refractivity contribution in [2.75, 3.05) is 0 Å². The highest BCUT2D eigenvalue weighted by atomic mass is 16.5. The van der Waals surface area contributed by atoms with Gasteiger partial charge in [-0.2, -0.15) is 0 Å². The molecule has 0 aliphatic rings. The van der Waals surface area contributed by atoms with Gasteiger partial charge >= 0.3 is 5.97 Å². The van der Waals surface area contributed by atoms with Crippen molar-refractivity contribution < 1.29 is 14.6 Å². The summed E-state index contributed by atoms with van der Waals surface area (Å²) < 4.78 is 5.15. The summed E-state index contributed by atoms with van der Waals surface area (Å²) in [7, 11) is 0. The van der Waals surface area contributed by atoms with Gasteiger partial charge < -0.3 is 9.84 Å². The predicted molar refractivity (Wildman–Crippen MR) is 42.6 cm³/mol. The van der Waals surface area contributed by atoms with Crippen LogP contribution in [-0.4, -0.2) is 23.3 Å². The van der Waals surface area contributed by atoms with E-state index in [1.54, 1.807) is 6.92 Å². The summed E-state index contributed by atoms with van der Waals surface area (Å²) in [6.07, 6.45) is 1.30. The average Bonchev–Trinajstić information content (AvgIpc) is 1.87. The lowest BCUT2D eigenvalue weighted by Crippen LogP contribution is -2.24. The highest BCUT2D eigenvalue weighted by molar-refractivity contribution is 5.71. The molecule has 3 heteroatoms. The third-order valence-electron chi connectivity index (χ3n) is 1.48. The van der Waals surface area contributed by atoms with Crippen molar-refractivity contribution in [3.05, 3.63) is 0 Å². The van der Waals surface area contributed by atoms with E-state index in [0.29, 0.717) is 0 Å². The van der Waals surface area contributed by atoms with E-state index in [-0.39, 0.29) is 6.10 Å². The van der Waals surface area contributed by atoms with Gasteiger partial charge in [0.1, 0.15) is 0 Å². The van der Waals surface area contributed by atoms with Crippen LogP contribution < -0.4 is 0 Å². The Kier molecular flexibility index (Phi) is 4.86. The van der Waals surface area contributed by atoms with E-state index in [2.05, 4.69) is 0 Å². The zero-order valence-electron chi connectivity index (χ0n) is 7.33. The Morgan fingerprint density at radius 3 is 2.45 bits per heavy atom. The van der Waals surface area contributed by atoms with Gasteiger partial charge in [-0.05, 0) is 20.3 Å². The summed E-state index contributed by atoms with van der Waals surface area (Å²) in [6.45, 7) is 5.49. The van der Waals surface area contributed by atoms with Crippen molar-refractivity contribution >= 4 is 5.97 Å². The minimum Gasteiger partial charge on any atom is -0.479 e. The number of carboxylic acids is 1. The third-order valence-corrected chi connectivity index (χ3v) is 1.48. The van der Waals surface area contributed by atoms with Gasteiger partial charge in [-0.15, -0.1) is 0 Å². The molecule has 0 radical (unpaired) electrons. The molecule has 0 heterocycles. The first kappa shape index (κ1) is 10.4. The Bertz CT molecular complexity index is 123. The lowest BCUT2D eigenvalue weighted by Gasteiger charge is -2.14. The molecule has 0 saturated carbocycles. The fourth-order valence-corrected chi connectivity index (χ4v) is 0.881. The van der Waals surface area contributed by atoms with Crippen molar-refractivity contribution in [2.24, 2.45) is 0 Å². The smallest absolute Gasteiger partial charge is 0.332 e. The Morgan fingerprint density at radius 2 is 2.09 bits per heavy atom. The number of hydrogen-bond donors (Lipinski definition) is 1. The Labute approximate surface area is 67.4 Å². The summed E-state index contributed by atoms with van der Waals surface area (Å²) in [5, 5.41) is 8.47. The van der Waals surface area contributed by atoms with Gasteiger partial charge in [0.05, 0.1) is 6.10 Å². The molecule has 0 aliphatic heterocycles. The van der Waals surface area contributed by atoms with E-state index in [9.17, 15) is 4.79 Å². The fraction of sp³-hybridized carbons (Fsp3) is 0.875. The van der Waals surface area contributed by atoms with Crippen LogP contribution in [-0.2, 0) is 9.53 Å². The van der Waals surface area contributed by atoms with E-state index in [1.165, 1.54) is 0 Å². The number of aliphatic carboxylic acids is 1. The van der Waals surface area contributed by atoms with Crippen LogP contribution >= 0.6 is 0 Å². The number of hydrogen-bond acceptors (Lipinski definition) is 2. The molecule has 0 spiro atoms. The molecule has 0 aromatic heterocycles. The van der Waals surface area contributed by atoms with Gasteiger partial charge in [0, 0.05) is 0 Å². The minimum atomic E-state index is -0.895. The molecular weight excluding hydrogens is 144 g/mol. The second-order valence-corrected chi connectivity index (χ2v) is 2.72. The number of rotatable bonds is 5. The zero-order chi connectivity index (χ0) is 8.85. The van der Waals surface area contributed by atoms with Gasteiger partial charge in [0.25, 0.3) is 0 Å². The lowest BCUT2D eigenvalue weighted by atomic mass is 10.2. The Morgan fingerprint density at radius 1 is 1.55 bits per heavy atom. The van der Waals surface area contributed by atoms with Gasteiger partial charge in [-0.3, -0.25) is 0 Å². The van der Waals surface area contributed by atoms with E-state index in [1.807, 2.05) is 13.8 Å². The van der Waals surface area contributed by atoms with Crippen molar-refractivity contribution in [2.45, 2.75) is 45.8 Å². The maximum Gasteiger partial charge on any atom is 0.332 e. The quantitative estimate of drug-likeness (QED) is 0.665. The SMILES string of the molecule is CCCC(C)O[C@@H](C)C(=O)O. The standard InChI is InChI=1S/C8H16O3/c1-4-5-6(2)11-7(3)8(9)10/h6-7H,4-5H2,1-3H3,(H,9,10)/t6?,7-/m0/s1. The second-order valence-electron chi connectivity index (χ2n) is 2.72. The lowest BCUT2D eigenvalue weighted by molar-refractivity contribution is -0.152. The highest BCUT2D eigenvalue weighted by Crippen LogP contribution is 2.04. The van der Waals surface area contributed by atoms with Crippen LogP contribution in [0.2, 0.25) is 0 Å².